The number of ether oxygens (including phenoxy) is 1. The molecule has 0 unspecified atom stereocenters. The summed E-state index contributed by atoms with van der Waals surface area (Å²) in [5, 5.41) is 0. The molecule has 5 heteroatoms. The smallest absolute Gasteiger partial charge is 0.205 e. The van der Waals surface area contributed by atoms with Crippen LogP contribution in [-0.4, -0.2) is 41.3 Å². The number of hydrogen-bond acceptors (Lipinski definition) is 4. The fourth-order valence-corrected chi connectivity index (χ4v) is 1.57. The lowest BCUT2D eigenvalue weighted by Gasteiger charge is -2.03. The minimum absolute atomic E-state index is 0.0821. The zero-order valence-corrected chi connectivity index (χ0v) is 10.6. The fraction of sp³-hybridized carbons (Fsp3) is 0.231. The molecule has 0 N–H and O–H groups in total. The first-order chi connectivity index (χ1) is 8.61. The lowest BCUT2D eigenvalue weighted by atomic mass is 10.3. The van der Waals surface area contributed by atoms with Crippen LogP contribution in [0.25, 0.3) is 5.65 Å². The summed E-state index contributed by atoms with van der Waals surface area (Å²) in [6.07, 6.45) is 6.58. The molecule has 0 fully saturated rings. The average molecular weight is 245 g/mol. The van der Waals surface area contributed by atoms with Crippen molar-refractivity contribution in [3.63, 3.8) is 0 Å². The van der Waals surface area contributed by atoms with Crippen LogP contribution in [0.2, 0.25) is 0 Å². The highest BCUT2D eigenvalue weighted by atomic mass is 16.5. The van der Waals surface area contributed by atoms with Crippen molar-refractivity contribution in [2.75, 3.05) is 21.2 Å². The molecule has 0 radical (unpaired) electrons. The van der Waals surface area contributed by atoms with Gasteiger partial charge in [-0.1, -0.05) is 0 Å². The number of allylic oxidation sites excluding steroid dienone is 1. The second-order valence-electron chi connectivity index (χ2n) is 4.08. The van der Waals surface area contributed by atoms with E-state index in [0.29, 0.717) is 11.3 Å². The monoisotopic (exact) mass is 245 g/mol. The topological polar surface area (TPSA) is 46.8 Å². The van der Waals surface area contributed by atoms with E-state index in [1.54, 1.807) is 42.2 Å². The van der Waals surface area contributed by atoms with Crippen molar-refractivity contribution in [3.8, 4) is 5.75 Å². The number of nitrogens with zero attached hydrogens (tertiary/aromatic N) is 3. The average Bonchev–Trinajstić information content (AvgIpc) is 2.78. The van der Waals surface area contributed by atoms with Crippen LogP contribution in [0.3, 0.4) is 0 Å². The Hall–Kier alpha value is -2.30. The summed E-state index contributed by atoms with van der Waals surface area (Å²) in [5.74, 6) is 0.636. The highest BCUT2D eigenvalue weighted by molar-refractivity contribution is 6.03. The van der Waals surface area contributed by atoms with Gasteiger partial charge in [0.25, 0.3) is 0 Å². The van der Waals surface area contributed by atoms with Gasteiger partial charge in [0.2, 0.25) is 5.78 Å². The van der Waals surface area contributed by atoms with Crippen LogP contribution in [0.5, 0.6) is 5.75 Å². The molecule has 5 nitrogen and oxygen atoms in total. The van der Waals surface area contributed by atoms with Crippen LogP contribution < -0.4 is 4.74 Å². The summed E-state index contributed by atoms with van der Waals surface area (Å²) in [4.78, 5) is 18.0. The molecule has 2 aromatic rings. The number of carbonyl (C=O) groups excluding carboxylic acids is 1. The lowest BCUT2D eigenvalue weighted by Crippen LogP contribution is -2.04. The third kappa shape index (κ3) is 2.34. The van der Waals surface area contributed by atoms with Crippen LogP contribution >= 0.6 is 0 Å². The molecule has 94 valence electrons. The number of imidazole rings is 1. The van der Waals surface area contributed by atoms with E-state index in [2.05, 4.69) is 4.98 Å². The summed E-state index contributed by atoms with van der Waals surface area (Å²) in [6.45, 7) is 0. The number of hydrogen-bond donors (Lipinski definition) is 0. The summed E-state index contributed by atoms with van der Waals surface area (Å²) in [7, 11) is 5.33. The van der Waals surface area contributed by atoms with Crippen LogP contribution in [0.1, 0.15) is 10.5 Å². The molecule has 2 aromatic heterocycles. The molecule has 0 bridgehead atoms. The van der Waals surface area contributed by atoms with E-state index in [9.17, 15) is 4.79 Å². The van der Waals surface area contributed by atoms with Crippen molar-refractivity contribution < 1.29 is 9.53 Å². The van der Waals surface area contributed by atoms with E-state index in [4.69, 9.17) is 4.74 Å². The molecular weight excluding hydrogens is 230 g/mol. The van der Waals surface area contributed by atoms with Gasteiger partial charge in [-0.3, -0.25) is 9.20 Å². The molecule has 2 heterocycles. The minimum atomic E-state index is -0.0821. The summed E-state index contributed by atoms with van der Waals surface area (Å²) < 4.78 is 6.85. The Labute approximate surface area is 105 Å². The van der Waals surface area contributed by atoms with E-state index >= 15 is 0 Å². The predicted molar refractivity (Wildman–Crippen MR) is 68.9 cm³/mol. The Kier molecular flexibility index (Phi) is 3.32. The molecule has 0 aliphatic carbocycles. The van der Waals surface area contributed by atoms with E-state index in [1.165, 1.54) is 6.08 Å². The molecule has 0 aliphatic heterocycles. The Morgan fingerprint density at radius 3 is 2.94 bits per heavy atom. The molecule has 0 saturated carbocycles. The van der Waals surface area contributed by atoms with Gasteiger partial charge in [-0.25, -0.2) is 4.98 Å². The number of rotatable bonds is 4. The van der Waals surface area contributed by atoms with Crippen molar-refractivity contribution in [2.45, 2.75) is 0 Å². The van der Waals surface area contributed by atoms with Gasteiger partial charge in [0, 0.05) is 38.6 Å². The highest BCUT2D eigenvalue weighted by Gasteiger charge is 2.09. The molecule has 0 amide bonds. The third-order valence-corrected chi connectivity index (χ3v) is 2.50. The maximum absolute atomic E-state index is 12.0. The van der Waals surface area contributed by atoms with Crippen LogP contribution in [0.4, 0.5) is 0 Å². The van der Waals surface area contributed by atoms with E-state index in [1.807, 2.05) is 19.0 Å². The second kappa shape index (κ2) is 4.91. The zero-order chi connectivity index (χ0) is 13.1. The number of methoxy groups -OCH3 is 1. The summed E-state index contributed by atoms with van der Waals surface area (Å²) in [5.41, 5.74) is 1.22. The number of ketones is 1. The first kappa shape index (κ1) is 12.2. The third-order valence-electron chi connectivity index (χ3n) is 2.50. The number of pyridine rings is 1. The quantitative estimate of drug-likeness (QED) is 0.606. The van der Waals surface area contributed by atoms with Crippen molar-refractivity contribution in [2.24, 2.45) is 0 Å². The minimum Gasteiger partial charge on any atom is -0.497 e. The van der Waals surface area contributed by atoms with Crippen molar-refractivity contribution >= 4 is 11.4 Å². The zero-order valence-electron chi connectivity index (χ0n) is 10.6. The molecule has 2 rings (SSSR count). The van der Waals surface area contributed by atoms with E-state index in [-0.39, 0.29) is 5.78 Å². The van der Waals surface area contributed by atoms with E-state index < -0.39 is 0 Å². The Morgan fingerprint density at radius 1 is 1.50 bits per heavy atom. The molecule has 0 aliphatic rings. The molecule has 18 heavy (non-hydrogen) atoms. The van der Waals surface area contributed by atoms with Crippen molar-refractivity contribution in [1.82, 2.24) is 14.3 Å². The molecule has 0 spiro atoms. The van der Waals surface area contributed by atoms with E-state index in [0.717, 1.165) is 5.75 Å². The van der Waals surface area contributed by atoms with Gasteiger partial charge in [0.1, 0.15) is 17.1 Å². The normalized spacial score (nSPS) is 11.1. The maximum Gasteiger partial charge on any atom is 0.205 e. The van der Waals surface area contributed by atoms with Gasteiger partial charge < -0.3 is 9.64 Å². The highest BCUT2D eigenvalue weighted by Crippen LogP contribution is 2.15. The Morgan fingerprint density at radius 2 is 2.28 bits per heavy atom. The summed E-state index contributed by atoms with van der Waals surface area (Å²) >= 11 is 0. The largest absolute Gasteiger partial charge is 0.497 e. The predicted octanol–water partition coefficient (Wildman–Crippen LogP) is 1.60. The number of carbonyl (C=O) groups is 1. The Balaban J connectivity index is 2.37. The van der Waals surface area contributed by atoms with Crippen molar-refractivity contribution in [1.29, 1.82) is 0 Å². The van der Waals surface area contributed by atoms with Crippen molar-refractivity contribution in [3.05, 3.63) is 42.5 Å². The number of aromatic nitrogens is 2. The second-order valence-corrected chi connectivity index (χ2v) is 4.08. The van der Waals surface area contributed by atoms with Gasteiger partial charge in [0.15, 0.2) is 0 Å². The van der Waals surface area contributed by atoms with Gasteiger partial charge in [0.05, 0.1) is 13.3 Å². The van der Waals surface area contributed by atoms with Gasteiger partial charge in [-0.05, 0) is 6.07 Å². The fourth-order valence-electron chi connectivity index (χ4n) is 1.57. The van der Waals surface area contributed by atoms with Gasteiger partial charge in [-0.2, -0.15) is 0 Å². The van der Waals surface area contributed by atoms with Crippen LogP contribution in [0.15, 0.2) is 36.8 Å². The first-order valence-corrected chi connectivity index (χ1v) is 5.52. The molecule has 0 atom stereocenters. The summed E-state index contributed by atoms with van der Waals surface area (Å²) in [6, 6.07) is 3.58. The standard InChI is InChI=1S/C13H15N3O2/c1-15(2)6-5-12(17)11-9-14-13-8-10(18-3)4-7-16(11)13/h4-9H,1-3H3/b6-5+. The SMILES string of the molecule is COc1ccn2c(C(=O)/C=C/N(C)C)cnc2c1. The molecule has 0 aromatic carbocycles. The molecular formula is C13H15N3O2. The number of fused-ring (bicyclic) bond motifs is 1. The van der Waals surface area contributed by atoms with Crippen LogP contribution in [-0.2, 0) is 0 Å². The van der Waals surface area contributed by atoms with Gasteiger partial charge in [-0.15, -0.1) is 0 Å². The Bertz CT molecular complexity index is 599. The molecule has 0 saturated heterocycles. The maximum atomic E-state index is 12.0. The first-order valence-electron chi connectivity index (χ1n) is 5.52. The van der Waals surface area contributed by atoms with Crippen LogP contribution in [0, 0.1) is 0 Å². The van der Waals surface area contributed by atoms with Gasteiger partial charge >= 0.3 is 0 Å². The lowest BCUT2D eigenvalue weighted by molar-refractivity contribution is 0.104.